The van der Waals surface area contributed by atoms with Crippen molar-refractivity contribution >= 4 is 95.6 Å². The van der Waals surface area contributed by atoms with Crippen molar-refractivity contribution in [1.82, 2.24) is 0 Å². The first-order chi connectivity index (χ1) is 4.00. The van der Waals surface area contributed by atoms with Gasteiger partial charge in [-0.2, -0.15) is 0 Å². The quantitative estimate of drug-likeness (QED) is 0.176. The zero-order valence-electron chi connectivity index (χ0n) is 5.46. The van der Waals surface area contributed by atoms with Crippen LogP contribution in [0.3, 0.4) is 0 Å². The summed E-state index contributed by atoms with van der Waals surface area (Å²) in [6, 6.07) is 0. The molecule has 12 heavy (non-hydrogen) atoms. The van der Waals surface area contributed by atoms with Crippen LogP contribution in [0, 0.1) is 0 Å². The standard InChI is InChI=1S/Ba.H2O4S.H2O4Si.Pb/c;2*1-5(2,3)4;/h;(H2,1,2,3,4);1-2H;/q+2;;-2;+2/p-2. The molecule has 0 spiro atoms. The molecule has 8 nitrogen and oxygen atoms in total. The van der Waals surface area contributed by atoms with Gasteiger partial charge < -0.3 is 28.3 Å². The van der Waals surface area contributed by atoms with Crippen LogP contribution in [-0.4, -0.2) is 112 Å². The molecule has 0 aliphatic heterocycles. The van der Waals surface area contributed by atoms with Crippen molar-refractivity contribution in [2.24, 2.45) is 0 Å². The molecule has 0 atom stereocenters. The van der Waals surface area contributed by atoms with Gasteiger partial charge in [0.15, 0.2) is 0 Å². The molecule has 0 rings (SSSR count). The Bertz CT molecular complexity index is 154. The number of rotatable bonds is 0. The maximum Gasteiger partial charge on any atom is 2.00 e. The van der Waals surface area contributed by atoms with Gasteiger partial charge in [0, 0.05) is 10.4 Å². The molecule has 0 unspecified atom stereocenters. The normalized spacial score (nSPS) is 9.83. The Kier molecular flexibility index (Phi) is 19.8. The molecule has 0 aromatic heterocycles. The minimum Gasteiger partial charge on any atom is -0.828 e. The van der Waals surface area contributed by atoms with E-state index < -0.39 is 19.4 Å². The third-order valence-corrected chi connectivity index (χ3v) is 0. The topological polar surface area (TPSA) is 167 Å². The fourth-order valence-corrected chi connectivity index (χ4v) is 0. The second-order valence-electron chi connectivity index (χ2n) is 0.957. The molecular formula is H2BaO8PbSSi. The molecule has 0 aromatic carbocycles. The summed E-state index contributed by atoms with van der Waals surface area (Å²) in [6.07, 6.45) is 0. The molecule has 12 heteroatoms. The van der Waals surface area contributed by atoms with E-state index in [1.54, 1.807) is 0 Å². The van der Waals surface area contributed by atoms with Crippen LogP contribution in [0.25, 0.3) is 0 Å². The summed E-state index contributed by atoms with van der Waals surface area (Å²) in [7, 11) is -10.3. The van der Waals surface area contributed by atoms with E-state index >= 15 is 0 Å². The monoisotopic (exact) mass is 536 g/mol. The predicted molar refractivity (Wildman–Crippen MR) is 32.2 cm³/mol. The summed E-state index contributed by atoms with van der Waals surface area (Å²) >= 11 is 0. The van der Waals surface area contributed by atoms with Crippen LogP contribution in [-0.2, 0) is 10.4 Å². The summed E-state index contributed by atoms with van der Waals surface area (Å²) in [5.74, 6) is 0. The fraction of sp³-hybridized carbons (Fsp3) is 0. The van der Waals surface area contributed by atoms with Gasteiger partial charge in [-0.3, -0.25) is 8.42 Å². The van der Waals surface area contributed by atoms with E-state index in [0.29, 0.717) is 0 Å². The molecule has 0 aliphatic rings. The molecule has 2 N–H and O–H groups in total. The van der Waals surface area contributed by atoms with Gasteiger partial charge in [0.05, 0.1) is 0 Å². The molecule has 0 bridgehead atoms. The van der Waals surface area contributed by atoms with E-state index in [1.165, 1.54) is 0 Å². The van der Waals surface area contributed by atoms with Crippen molar-refractivity contribution < 1.29 is 36.7 Å². The van der Waals surface area contributed by atoms with E-state index in [4.69, 9.17) is 36.7 Å². The average Bonchev–Trinajstić information content (AvgIpc) is 1.12. The fourth-order valence-electron chi connectivity index (χ4n) is 0. The van der Waals surface area contributed by atoms with Gasteiger partial charge in [-0.15, -0.1) is 0 Å². The Morgan fingerprint density at radius 2 is 1.08 bits per heavy atom. The van der Waals surface area contributed by atoms with Gasteiger partial charge in [0.25, 0.3) is 0 Å². The second kappa shape index (κ2) is 9.96. The predicted octanol–water partition coefficient (Wildman–Crippen LogP) is -5.97. The molecule has 2 radical (unpaired) electrons. The van der Waals surface area contributed by atoms with E-state index in [0.717, 1.165) is 0 Å². The second-order valence-corrected chi connectivity index (χ2v) is 2.87. The minimum absolute atomic E-state index is 0. The van der Waals surface area contributed by atoms with Gasteiger partial charge in [-0.25, -0.2) is 0 Å². The summed E-state index contributed by atoms with van der Waals surface area (Å²) in [5.41, 5.74) is 0. The Morgan fingerprint density at radius 3 is 1.08 bits per heavy atom. The first-order valence-electron chi connectivity index (χ1n) is 1.52. The first-order valence-corrected chi connectivity index (χ1v) is 4.57. The van der Waals surface area contributed by atoms with Crippen LogP contribution in [0.1, 0.15) is 0 Å². The van der Waals surface area contributed by atoms with Crippen LogP contribution in [0.5, 0.6) is 0 Å². The van der Waals surface area contributed by atoms with Crippen molar-refractivity contribution in [2.45, 2.75) is 0 Å². The van der Waals surface area contributed by atoms with Crippen molar-refractivity contribution in [3.63, 3.8) is 0 Å². The molecule has 0 heterocycles. The Hall–Kier alpha value is 2.42. The van der Waals surface area contributed by atoms with Crippen LogP contribution in [0.2, 0.25) is 0 Å². The summed E-state index contributed by atoms with van der Waals surface area (Å²) < 4.78 is 34.1. The van der Waals surface area contributed by atoms with E-state index in [9.17, 15) is 0 Å². The van der Waals surface area contributed by atoms with Crippen LogP contribution < -0.4 is 9.59 Å². The summed E-state index contributed by atoms with van der Waals surface area (Å²) in [4.78, 5) is 31.8. The maximum atomic E-state index is 8.80. The molecule has 0 aliphatic carbocycles. The molecule has 0 fully saturated rings. The zero-order chi connectivity index (χ0) is 9.00. The third kappa shape index (κ3) is 277. The molecule has 0 amide bonds. The van der Waals surface area contributed by atoms with Gasteiger partial charge in [0.1, 0.15) is 9.05 Å². The van der Waals surface area contributed by atoms with Crippen molar-refractivity contribution in [3.8, 4) is 0 Å². The van der Waals surface area contributed by atoms with E-state index in [-0.39, 0.29) is 76.2 Å². The van der Waals surface area contributed by atoms with Crippen LogP contribution >= 0.6 is 0 Å². The maximum absolute atomic E-state index is 8.80. The van der Waals surface area contributed by atoms with Crippen LogP contribution in [0.15, 0.2) is 0 Å². The minimum atomic E-state index is -5.17. The zero-order valence-corrected chi connectivity index (χ0v) is 15.6. The van der Waals surface area contributed by atoms with Gasteiger partial charge >= 0.3 is 76.2 Å². The van der Waals surface area contributed by atoms with Gasteiger partial charge in [0.2, 0.25) is 0 Å². The Labute approximate surface area is 130 Å². The van der Waals surface area contributed by atoms with Crippen molar-refractivity contribution in [1.29, 1.82) is 0 Å². The largest absolute Gasteiger partial charge is 2.00 e. The van der Waals surface area contributed by atoms with Crippen LogP contribution in [0.4, 0.5) is 0 Å². The molecule has 0 saturated heterocycles. The Balaban J connectivity index is -0.0000000457. The number of hydrogen-bond acceptors (Lipinski definition) is 8. The molecule has 0 saturated carbocycles. The first kappa shape index (κ1) is 23.9. The van der Waals surface area contributed by atoms with Crippen molar-refractivity contribution in [2.75, 3.05) is 0 Å². The van der Waals surface area contributed by atoms with E-state index in [2.05, 4.69) is 0 Å². The van der Waals surface area contributed by atoms with Gasteiger partial charge in [-0.1, -0.05) is 0 Å². The molecule has 66 valence electrons. The van der Waals surface area contributed by atoms with E-state index in [1.807, 2.05) is 0 Å². The SMILES string of the molecule is O=S(=O)([O-])[O-].[Ba+2].[O-][Si]([O-])(O)O.[Pb+2]. The van der Waals surface area contributed by atoms with Gasteiger partial charge in [-0.05, 0) is 0 Å². The summed E-state index contributed by atoms with van der Waals surface area (Å²) in [6.45, 7) is 0. The molecule has 0 aromatic rings. The number of hydrogen-bond donors (Lipinski definition) is 2. The molecular weight excluding hydrogens is 533 g/mol. The third-order valence-electron chi connectivity index (χ3n) is 0. The average molecular weight is 535 g/mol. The Morgan fingerprint density at radius 1 is 1.08 bits per heavy atom. The van der Waals surface area contributed by atoms with Crippen molar-refractivity contribution in [3.05, 3.63) is 0 Å². The smallest absolute Gasteiger partial charge is 0.828 e. The summed E-state index contributed by atoms with van der Waals surface area (Å²) in [5, 5.41) is 0.